The first-order valence-corrected chi connectivity index (χ1v) is 8.56. The van der Waals surface area contributed by atoms with Gasteiger partial charge >= 0.3 is 0 Å². The topological polar surface area (TPSA) is 58.2 Å². The predicted molar refractivity (Wildman–Crippen MR) is 93.3 cm³/mol. The summed E-state index contributed by atoms with van der Waals surface area (Å²) in [4.78, 5) is 24.5. The molecule has 1 atom stereocenters. The summed E-state index contributed by atoms with van der Waals surface area (Å²) in [7, 11) is 0. The number of benzene rings is 1. The molecule has 0 fully saturated rings. The van der Waals surface area contributed by atoms with E-state index in [0.717, 1.165) is 9.35 Å². The van der Waals surface area contributed by atoms with Crippen LogP contribution in [0, 0.1) is 0 Å². The molecule has 1 aromatic carbocycles. The molecule has 1 heterocycles. The number of rotatable bonds is 5. The van der Waals surface area contributed by atoms with Crippen LogP contribution in [0.15, 0.2) is 40.2 Å². The third kappa shape index (κ3) is 4.83. The smallest absolute Gasteiger partial charge is 0.226 e. The molecule has 0 aliphatic rings. The molecule has 0 aliphatic heterocycles. The van der Waals surface area contributed by atoms with Gasteiger partial charge in [0.15, 0.2) is 0 Å². The molecule has 2 N–H and O–H groups in total. The summed E-state index contributed by atoms with van der Waals surface area (Å²) in [6.07, 6.45) is 0.145. The summed E-state index contributed by atoms with van der Waals surface area (Å²) in [5.74, 6) is -0.385. The van der Waals surface area contributed by atoms with E-state index in [1.165, 1.54) is 18.3 Å². The van der Waals surface area contributed by atoms with Crippen molar-refractivity contribution in [3.8, 4) is 0 Å². The fraction of sp³-hybridized carbons (Fsp3) is 0.200. The minimum atomic E-state index is -0.341. The van der Waals surface area contributed by atoms with Gasteiger partial charge in [-0.15, -0.1) is 11.3 Å². The average Bonchev–Trinajstić information content (AvgIpc) is 2.95. The Hall–Kier alpha value is -1.37. The molecule has 2 rings (SSSR count). The minimum absolute atomic E-state index is 0.145. The molecule has 22 heavy (non-hydrogen) atoms. The largest absolute Gasteiger partial charge is 0.348 e. The molecule has 0 aliphatic carbocycles. The Bertz CT molecular complexity index is 676. The van der Waals surface area contributed by atoms with Crippen molar-refractivity contribution in [3.05, 3.63) is 50.1 Å². The van der Waals surface area contributed by atoms with Crippen molar-refractivity contribution >= 4 is 56.4 Å². The number of hydrogen-bond acceptors (Lipinski definition) is 3. The first-order valence-electron chi connectivity index (χ1n) is 6.51. The molecule has 116 valence electrons. The molecule has 0 radical (unpaired) electrons. The molecule has 2 aromatic rings. The van der Waals surface area contributed by atoms with E-state index in [1.54, 1.807) is 18.2 Å². The SMILES string of the molecule is CC(=O)NC(CC(=O)Nc1ccc(Br)cc1Cl)c1cccs1. The maximum atomic E-state index is 12.2. The highest BCUT2D eigenvalue weighted by molar-refractivity contribution is 9.10. The van der Waals surface area contributed by atoms with Crippen LogP contribution < -0.4 is 10.6 Å². The van der Waals surface area contributed by atoms with Crippen molar-refractivity contribution in [1.29, 1.82) is 0 Å². The van der Waals surface area contributed by atoms with Crippen LogP contribution in [0.3, 0.4) is 0 Å². The van der Waals surface area contributed by atoms with Crippen LogP contribution in [0.2, 0.25) is 5.02 Å². The maximum Gasteiger partial charge on any atom is 0.226 e. The van der Waals surface area contributed by atoms with Gasteiger partial charge in [0.1, 0.15) is 0 Å². The van der Waals surface area contributed by atoms with Crippen LogP contribution in [0.1, 0.15) is 24.3 Å². The van der Waals surface area contributed by atoms with Gasteiger partial charge in [-0.1, -0.05) is 33.6 Å². The van der Waals surface area contributed by atoms with Gasteiger partial charge in [-0.3, -0.25) is 9.59 Å². The van der Waals surface area contributed by atoms with E-state index >= 15 is 0 Å². The maximum absolute atomic E-state index is 12.2. The molecule has 4 nitrogen and oxygen atoms in total. The van der Waals surface area contributed by atoms with Gasteiger partial charge in [0.05, 0.1) is 23.2 Å². The number of amides is 2. The van der Waals surface area contributed by atoms with Crippen molar-refractivity contribution in [2.24, 2.45) is 0 Å². The number of hydrogen-bond donors (Lipinski definition) is 2. The summed E-state index contributed by atoms with van der Waals surface area (Å²) < 4.78 is 0.838. The molecular formula is C15H14BrClN2O2S. The Morgan fingerprint density at radius 2 is 2.14 bits per heavy atom. The second-order valence-corrected chi connectivity index (χ2v) is 6.95. The fourth-order valence-corrected chi connectivity index (χ4v) is 3.43. The van der Waals surface area contributed by atoms with Gasteiger partial charge in [-0.05, 0) is 29.6 Å². The van der Waals surface area contributed by atoms with Crippen LogP contribution >= 0.6 is 38.9 Å². The van der Waals surface area contributed by atoms with E-state index in [4.69, 9.17) is 11.6 Å². The lowest BCUT2D eigenvalue weighted by atomic mass is 10.1. The zero-order valence-corrected chi connectivity index (χ0v) is 14.9. The van der Waals surface area contributed by atoms with Crippen LogP contribution in [0.5, 0.6) is 0 Å². The molecular weight excluding hydrogens is 388 g/mol. The Balaban J connectivity index is 2.06. The molecule has 0 saturated carbocycles. The van der Waals surface area contributed by atoms with Crippen molar-refractivity contribution in [1.82, 2.24) is 5.32 Å². The molecule has 7 heteroatoms. The predicted octanol–water partition coefficient (Wildman–Crippen LogP) is 4.37. The summed E-state index contributed by atoms with van der Waals surface area (Å²) >= 11 is 10.9. The number of halogens is 2. The number of anilines is 1. The van der Waals surface area contributed by atoms with Crippen molar-refractivity contribution < 1.29 is 9.59 Å². The zero-order valence-electron chi connectivity index (χ0n) is 11.7. The summed E-state index contributed by atoms with van der Waals surface area (Å²) in [6.45, 7) is 1.43. The average molecular weight is 402 g/mol. The van der Waals surface area contributed by atoms with E-state index in [-0.39, 0.29) is 24.3 Å². The second kappa shape index (κ2) is 7.76. The minimum Gasteiger partial charge on any atom is -0.348 e. The van der Waals surface area contributed by atoms with Gasteiger partial charge in [0.2, 0.25) is 11.8 Å². The highest BCUT2D eigenvalue weighted by atomic mass is 79.9. The molecule has 1 unspecified atom stereocenters. The van der Waals surface area contributed by atoms with E-state index in [9.17, 15) is 9.59 Å². The third-order valence-corrected chi connectivity index (χ3v) is 4.65. The van der Waals surface area contributed by atoms with Crippen molar-refractivity contribution in [2.75, 3.05) is 5.32 Å². The van der Waals surface area contributed by atoms with Crippen molar-refractivity contribution in [2.45, 2.75) is 19.4 Å². The number of carbonyl (C=O) groups is 2. The van der Waals surface area contributed by atoms with Gasteiger partial charge in [-0.2, -0.15) is 0 Å². The highest BCUT2D eigenvalue weighted by Gasteiger charge is 2.18. The Labute approximate surface area is 146 Å². The molecule has 1 aromatic heterocycles. The second-order valence-electron chi connectivity index (χ2n) is 4.64. The zero-order chi connectivity index (χ0) is 16.1. The fourth-order valence-electron chi connectivity index (χ4n) is 1.94. The van der Waals surface area contributed by atoms with Gasteiger partial charge in [-0.25, -0.2) is 0 Å². The van der Waals surface area contributed by atoms with Crippen LogP contribution in [-0.4, -0.2) is 11.8 Å². The van der Waals surface area contributed by atoms with Gasteiger partial charge in [0.25, 0.3) is 0 Å². The highest BCUT2D eigenvalue weighted by Crippen LogP contribution is 2.27. The lowest BCUT2D eigenvalue weighted by molar-refractivity contribution is -0.120. The lowest BCUT2D eigenvalue weighted by Crippen LogP contribution is -2.29. The molecule has 0 saturated heterocycles. The van der Waals surface area contributed by atoms with Gasteiger partial charge < -0.3 is 10.6 Å². The van der Waals surface area contributed by atoms with Crippen LogP contribution in [0.4, 0.5) is 5.69 Å². The van der Waals surface area contributed by atoms with Crippen LogP contribution in [-0.2, 0) is 9.59 Å². The molecule has 2 amide bonds. The quantitative estimate of drug-likeness (QED) is 0.781. The Kier molecular flexibility index (Phi) is 5.99. The van der Waals surface area contributed by atoms with E-state index < -0.39 is 0 Å². The number of nitrogens with one attached hydrogen (secondary N) is 2. The molecule has 0 spiro atoms. The Morgan fingerprint density at radius 1 is 1.36 bits per heavy atom. The van der Waals surface area contributed by atoms with E-state index in [0.29, 0.717) is 10.7 Å². The first kappa shape index (κ1) is 17.0. The summed E-state index contributed by atoms with van der Waals surface area (Å²) in [5.41, 5.74) is 0.544. The Morgan fingerprint density at radius 3 is 2.73 bits per heavy atom. The van der Waals surface area contributed by atoms with Crippen LogP contribution in [0.25, 0.3) is 0 Å². The molecule has 0 bridgehead atoms. The lowest BCUT2D eigenvalue weighted by Gasteiger charge is -2.16. The third-order valence-electron chi connectivity index (χ3n) is 2.86. The summed E-state index contributed by atoms with van der Waals surface area (Å²) in [6, 6.07) is 8.67. The van der Waals surface area contributed by atoms with E-state index in [2.05, 4.69) is 26.6 Å². The summed E-state index contributed by atoms with van der Waals surface area (Å²) in [5, 5.41) is 7.92. The monoisotopic (exact) mass is 400 g/mol. The first-order chi connectivity index (χ1) is 10.5. The van der Waals surface area contributed by atoms with Crippen molar-refractivity contribution in [3.63, 3.8) is 0 Å². The number of carbonyl (C=O) groups excluding carboxylic acids is 2. The van der Waals surface area contributed by atoms with Gasteiger partial charge in [0, 0.05) is 16.3 Å². The normalized spacial score (nSPS) is 11.8. The number of thiophene rings is 1. The van der Waals surface area contributed by atoms with E-state index in [1.807, 2.05) is 17.5 Å². The standard InChI is InChI=1S/C15H14BrClN2O2S/c1-9(20)18-13(14-3-2-6-22-14)8-15(21)19-12-5-4-10(16)7-11(12)17/h2-7,13H,8H2,1H3,(H,18,20)(H,19,21).